The van der Waals surface area contributed by atoms with Crippen molar-refractivity contribution < 1.29 is 17.1 Å². The zero-order valence-corrected chi connectivity index (χ0v) is 11.3. The molecule has 0 spiro atoms. The lowest BCUT2D eigenvalue weighted by atomic mass is 10.1. The largest absolute Gasteiger partial charge is 0.338 e. The fourth-order valence-corrected chi connectivity index (χ4v) is 2.96. The van der Waals surface area contributed by atoms with E-state index in [1.165, 1.54) is 4.90 Å². The third-order valence-corrected chi connectivity index (χ3v) is 4.42. The molecular formula is C12H15FN2O3S. The van der Waals surface area contributed by atoms with Crippen molar-refractivity contribution in [2.75, 3.05) is 6.54 Å². The maximum Gasteiger partial charge on any atom is 0.307 e. The quantitative estimate of drug-likeness (QED) is 0.772. The molecule has 104 valence electrons. The Balaban J connectivity index is 2.04. The number of likely N-dealkylation sites (tertiary alicyclic amines) is 1. The number of pyridine rings is 1. The first-order valence-corrected chi connectivity index (χ1v) is 7.44. The molecule has 0 radical (unpaired) electrons. The molecule has 1 aromatic rings. The van der Waals surface area contributed by atoms with Gasteiger partial charge in [0.25, 0.3) is 0 Å². The van der Waals surface area contributed by atoms with E-state index in [1.54, 1.807) is 18.5 Å². The minimum Gasteiger partial charge on any atom is -0.338 e. The van der Waals surface area contributed by atoms with Gasteiger partial charge in [0, 0.05) is 31.4 Å². The molecule has 0 bridgehead atoms. The van der Waals surface area contributed by atoms with Gasteiger partial charge in [-0.3, -0.25) is 9.78 Å². The van der Waals surface area contributed by atoms with Crippen molar-refractivity contribution in [3.8, 4) is 0 Å². The number of hydrogen-bond donors (Lipinski definition) is 0. The maximum atomic E-state index is 12.9. The topological polar surface area (TPSA) is 67.3 Å². The van der Waals surface area contributed by atoms with Gasteiger partial charge in [-0.25, -0.2) is 0 Å². The average Bonchev–Trinajstić information content (AvgIpc) is 2.72. The Kier molecular flexibility index (Phi) is 3.84. The lowest BCUT2D eigenvalue weighted by Crippen LogP contribution is -2.36. The van der Waals surface area contributed by atoms with Crippen molar-refractivity contribution in [1.82, 2.24) is 9.88 Å². The molecule has 5 nitrogen and oxygen atoms in total. The number of amides is 1. The molecule has 0 N–H and O–H groups in total. The third-order valence-electron chi connectivity index (χ3n) is 3.31. The minimum atomic E-state index is -4.65. The number of aromatic nitrogens is 1. The summed E-state index contributed by atoms with van der Waals surface area (Å²) in [5.74, 6) is -0.317. The molecule has 2 heterocycles. The van der Waals surface area contributed by atoms with Crippen LogP contribution in [-0.4, -0.2) is 42.0 Å². The second kappa shape index (κ2) is 5.24. The molecule has 1 fully saturated rings. The summed E-state index contributed by atoms with van der Waals surface area (Å²) < 4.78 is 34.6. The molecule has 7 heteroatoms. The number of nitrogens with zero attached hydrogens (tertiary/aromatic N) is 2. The van der Waals surface area contributed by atoms with Crippen LogP contribution in [0, 0.1) is 0 Å². The predicted octanol–water partition coefficient (Wildman–Crippen LogP) is 0.913. The van der Waals surface area contributed by atoms with Gasteiger partial charge in [0.2, 0.25) is 5.91 Å². The van der Waals surface area contributed by atoms with Crippen LogP contribution in [0.1, 0.15) is 18.9 Å². The van der Waals surface area contributed by atoms with E-state index < -0.39 is 15.5 Å². The first kappa shape index (κ1) is 13.9. The molecule has 0 aromatic carbocycles. The molecule has 1 aromatic heterocycles. The molecule has 2 atom stereocenters. The number of halogens is 1. The van der Waals surface area contributed by atoms with E-state index in [1.807, 2.05) is 13.0 Å². The normalized spacial score (nSPS) is 21.7. The summed E-state index contributed by atoms with van der Waals surface area (Å²) in [7, 11) is -4.65. The molecule has 1 aliphatic rings. The summed E-state index contributed by atoms with van der Waals surface area (Å²) in [4.78, 5) is 17.1. The van der Waals surface area contributed by atoms with E-state index in [0.29, 0.717) is 6.42 Å². The standard InChI is InChI=1S/C12H15FN2O3S/c1-9(5-10-3-2-4-14-7-10)15-8-11(6-12(15)16)19(13,17)18/h2-4,7,9,11H,5-6,8H2,1H3. The van der Waals surface area contributed by atoms with Crippen molar-refractivity contribution in [1.29, 1.82) is 0 Å². The van der Waals surface area contributed by atoms with Crippen LogP contribution in [0.25, 0.3) is 0 Å². The zero-order valence-electron chi connectivity index (χ0n) is 10.5. The van der Waals surface area contributed by atoms with Crippen molar-refractivity contribution in [2.45, 2.75) is 31.1 Å². The number of hydrogen-bond acceptors (Lipinski definition) is 4. The lowest BCUT2D eigenvalue weighted by molar-refractivity contribution is -0.129. The van der Waals surface area contributed by atoms with E-state index in [-0.39, 0.29) is 24.9 Å². The zero-order chi connectivity index (χ0) is 14.0. The molecular weight excluding hydrogens is 271 g/mol. The van der Waals surface area contributed by atoms with Gasteiger partial charge in [-0.15, -0.1) is 3.89 Å². The molecule has 19 heavy (non-hydrogen) atoms. The second-order valence-corrected chi connectivity index (χ2v) is 6.38. The van der Waals surface area contributed by atoms with Gasteiger partial charge in [-0.1, -0.05) is 6.07 Å². The van der Waals surface area contributed by atoms with Crippen LogP contribution in [0.4, 0.5) is 3.89 Å². The summed E-state index contributed by atoms with van der Waals surface area (Å²) >= 11 is 0. The highest BCUT2D eigenvalue weighted by Crippen LogP contribution is 2.22. The monoisotopic (exact) mass is 286 g/mol. The molecule has 2 rings (SSSR count). The predicted molar refractivity (Wildman–Crippen MR) is 67.5 cm³/mol. The molecule has 1 amide bonds. The minimum absolute atomic E-state index is 0.0703. The summed E-state index contributed by atoms with van der Waals surface area (Å²) in [6.45, 7) is 1.75. The van der Waals surface area contributed by atoms with E-state index in [9.17, 15) is 17.1 Å². The number of carbonyl (C=O) groups is 1. The summed E-state index contributed by atoms with van der Waals surface area (Å²) in [5, 5.41) is -1.23. The van der Waals surface area contributed by atoms with Crippen LogP contribution in [0.5, 0.6) is 0 Å². The van der Waals surface area contributed by atoms with Crippen LogP contribution in [0.3, 0.4) is 0 Å². The first-order valence-electron chi connectivity index (χ1n) is 6.00. The smallest absolute Gasteiger partial charge is 0.307 e. The van der Waals surface area contributed by atoms with Crippen LogP contribution in [0.15, 0.2) is 24.5 Å². The summed E-state index contributed by atoms with van der Waals surface area (Å²) in [6.07, 6.45) is 3.65. The molecule has 1 saturated heterocycles. The van der Waals surface area contributed by atoms with Crippen molar-refractivity contribution in [2.24, 2.45) is 0 Å². The second-order valence-electron chi connectivity index (χ2n) is 4.76. The Hall–Kier alpha value is -1.50. The van der Waals surface area contributed by atoms with Crippen LogP contribution in [0.2, 0.25) is 0 Å². The highest BCUT2D eigenvalue weighted by molar-refractivity contribution is 7.87. The molecule has 2 unspecified atom stereocenters. The molecule has 1 aliphatic heterocycles. The Labute approximate surface area is 111 Å². The highest BCUT2D eigenvalue weighted by atomic mass is 32.3. The van der Waals surface area contributed by atoms with Gasteiger partial charge in [-0.05, 0) is 25.0 Å². The van der Waals surface area contributed by atoms with Crippen molar-refractivity contribution in [3.05, 3.63) is 30.1 Å². The summed E-state index contributed by atoms with van der Waals surface area (Å²) in [6, 6.07) is 3.50. The Bertz CT molecular complexity index is 562. The van der Waals surface area contributed by atoms with Gasteiger partial charge >= 0.3 is 10.2 Å². The fraction of sp³-hybridized carbons (Fsp3) is 0.500. The Morgan fingerprint density at radius 2 is 2.32 bits per heavy atom. The fourth-order valence-electron chi connectivity index (χ4n) is 2.28. The first-order chi connectivity index (χ1) is 8.88. The van der Waals surface area contributed by atoms with Crippen molar-refractivity contribution in [3.63, 3.8) is 0 Å². The average molecular weight is 286 g/mol. The Morgan fingerprint density at radius 3 is 2.84 bits per heavy atom. The van der Waals surface area contributed by atoms with E-state index >= 15 is 0 Å². The van der Waals surface area contributed by atoms with Gasteiger partial charge in [-0.2, -0.15) is 8.42 Å². The highest BCUT2D eigenvalue weighted by Gasteiger charge is 2.40. The van der Waals surface area contributed by atoms with Crippen molar-refractivity contribution >= 4 is 16.1 Å². The summed E-state index contributed by atoms with van der Waals surface area (Å²) in [5.41, 5.74) is 0.953. The number of carbonyl (C=O) groups excluding carboxylic acids is 1. The third kappa shape index (κ3) is 3.28. The van der Waals surface area contributed by atoms with Gasteiger partial charge in [0.15, 0.2) is 0 Å². The Morgan fingerprint density at radius 1 is 1.58 bits per heavy atom. The maximum absolute atomic E-state index is 12.9. The molecule has 0 saturated carbocycles. The molecule has 0 aliphatic carbocycles. The number of rotatable bonds is 4. The van der Waals surface area contributed by atoms with Crippen LogP contribution >= 0.6 is 0 Å². The van der Waals surface area contributed by atoms with Crippen LogP contribution in [-0.2, 0) is 21.4 Å². The SMILES string of the molecule is CC(Cc1cccnc1)N1CC(S(=O)(=O)F)CC1=O. The van der Waals surface area contributed by atoms with Gasteiger partial charge in [0.05, 0.1) is 0 Å². The van der Waals surface area contributed by atoms with Gasteiger partial charge < -0.3 is 4.90 Å². The lowest BCUT2D eigenvalue weighted by Gasteiger charge is -2.24. The van der Waals surface area contributed by atoms with Crippen LogP contribution < -0.4 is 0 Å². The van der Waals surface area contributed by atoms with E-state index in [2.05, 4.69) is 4.98 Å². The van der Waals surface area contributed by atoms with E-state index in [0.717, 1.165) is 5.56 Å². The van der Waals surface area contributed by atoms with E-state index in [4.69, 9.17) is 0 Å². The van der Waals surface area contributed by atoms with Gasteiger partial charge in [0.1, 0.15) is 5.25 Å².